The van der Waals surface area contributed by atoms with Gasteiger partial charge in [-0.15, -0.1) is 0 Å². The normalized spacial score (nSPS) is 10.7. The van der Waals surface area contributed by atoms with Crippen LogP contribution in [0.4, 0.5) is 5.82 Å². The average Bonchev–Trinajstić information content (AvgIpc) is 2.57. The van der Waals surface area contributed by atoms with Gasteiger partial charge in [-0.05, 0) is 37.3 Å². The quantitative estimate of drug-likeness (QED) is 0.681. The number of carbonyl (C=O) groups is 2. The highest BCUT2D eigenvalue weighted by molar-refractivity contribution is 6.07. The second-order valence-corrected chi connectivity index (χ2v) is 5.21. The molecule has 3 aromatic rings. The molecule has 3 rings (SSSR count). The summed E-state index contributed by atoms with van der Waals surface area (Å²) in [6.45, 7) is 2.28. The van der Waals surface area contributed by atoms with Crippen LogP contribution in [-0.2, 0) is 9.53 Å². The molecule has 0 fully saturated rings. The molecule has 2 heterocycles. The number of anilines is 1. The van der Waals surface area contributed by atoms with Crippen molar-refractivity contribution >= 4 is 28.7 Å². The average molecular weight is 326 g/mol. The molecule has 0 aliphatic rings. The summed E-state index contributed by atoms with van der Waals surface area (Å²) < 4.78 is 4.94. The van der Waals surface area contributed by atoms with E-state index in [4.69, 9.17) is 4.74 Å². The largest absolute Gasteiger partial charge is 0.466 e. The Bertz CT molecular complexity index is 838. The number of ether oxygens (including phenoxy) is 1. The summed E-state index contributed by atoms with van der Waals surface area (Å²) in [5.41, 5.74) is 2.34. The number of nitrogens with one attached hydrogen (secondary N) is 2. The molecular formula is C17H18N4O3. The van der Waals surface area contributed by atoms with Crippen molar-refractivity contribution in [3.8, 4) is 0 Å². The number of aromatic nitrogens is 3. The van der Waals surface area contributed by atoms with Gasteiger partial charge < -0.3 is 4.74 Å². The number of benzene rings is 1. The van der Waals surface area contributed by atoms with E-state index in [-0.39, 0.29) is 24.8 Å². The van der Waals surface area contributed by atoms with E-state index in [2.05, 4.69) is 15.2 Å². The zero-order valence-corrected chi connectivity index (χ0v) is 13.3. The molecule has 0 atom stereocenters. The van der Waals surface area contributed by atoms with Crippen LogP contribution in [0.1, 0.15) is 23.7 Å². The molecule has 1 amide bonds. The number of fused-ring (bicyclic) bond motifs is 1. The second-order valence-electron chi connectivity index (χ2n) is 5.21. The van der Waals surface area contributed by atoms with Crippen molar-refractivity contribution in [2.45, 2.75) is 13.3 Å². The highest BCUT2D eigenvalue weighted by Crippen LogP contribution is 2.18. The number of rotatable bonds is 6. The van der Waals surface area contributed by atoms with E-state index in [9.17, 15) is 9.59 Å². The Morgan fingerprint density at radius 2 is 2.00 bits per heavy atom. The fraction of sp³-hybridized carbons (Fsp3) is 0.235. The summed E-state index contributed by atoms with van der Waals surface area (Å²) >= 11 is 0. The van der Waals surface area contributed by atoms with E-state index in [0.29, 0.717) is 18.0 Å². The van der Waals surface area contributed by atoms with Gasteiger partial charge in [-0.2, -0.15) is 0 Å². The van der Waals surface area contributed by atoms with Crippen LogP contribution in [0.15, 0.2) is 42.6 Å². The zero-order valence-electron chi connectivity index (χ0n) is 13.3. The summed E-state index contributed by atoms with van der Waals surface area (Å²) in [5.74, 6) is -0.0516. The maximum Gasteiger partial charge on any atom is 0.307 e. The summed E-state index contributed by atoms with van der Waals surface area (Å²) in [5, 5.41) is 5.84. The molecule has 0 aliphatic heterocycles. The van der Waals surface area contributed by atoms with Crippen LogP contribution in [0.3, 0.4) is 0 Å². The summed E-state index contributed by atoms with van der Waals surface area (Å²) in [4.78, 5) is 30.3. The van der Waals surface area contributed by atoms with Crippen LogP contribution < -0.4 is 4.90 Å². The molecule has 0 saturated heterocycles. The number of carbonyl (C=O) groups excluding carboxylic acids is 2. The van der Waals surface area contributed by atoms with Crippen LogP contribution in [0, 0.1) is 0 Å². The first kappa shape index (κ1) is 15.8. The Morgan fingerprint density at radius 1 is 1.17 bits per heavy atom. The van der Waals surface area contributed by atoms with Crippen molar-refractivity contribution in [1.82, 2.24) is 15.2 Å². The van der Waals surface area contributed by atoms with Crippen molar-refractivity contribution in [3.63, 3.8) is 0 Å². The van der Waals surface area contributed by atoms with E-state index >= 15 is 0 Å². The number of esters is 1. The van der Waals surface area contributed by atoms with Crippen LogP contribution in [0.5, 0.6) is 0 Å². The predicted octanol–water partition coefficient (Wildman–Crippen LogP) is 2.49. The third-order valence-corrected chi connectivity index (χ3v) is 3.61. The molecule has 0 saturated carbocycles. The van der Waals surface area contributed by atoms with Crippen molar-refractivity contribution in [1.29, 1.82) is 0 Å². The predicted molar refractivity (Wildman–Crippen MR) is 89.8 cm³/mol. The molecule has 124 valence electrons. The molecule has 0 bridgehead atoms. The van der Waals surface area contributed by atoms with Crippen LogP contribution in [0.2, 0.25) is 0 Å². The molecule has 1 aromatic carbocycles. The van der Waals surface area contributed by atoms with Gasteiger partial charge in [0.15, 0.2) is 0 Å². The first-order valence-corrected chi connectivity index (χ1v) is 7.73. The number of H-pyrrole nitrogens is 2. The highest BCUT2D eigenvalue weighted by atomic mass is 16.5. The lowest BCUT2D eigenvalue weighted by Gasteiger charge is -2.21. The maximum absolute atomic E-state index is 12.9. The van der Waals surface area contributed by atoms with Crippen LogP contribution >= 0.6 is 0 Å². The van der Waals surface area contributed by atoms with Gasteiger partial charge >= 0.3 is 5.97 Å². The molecule has 2 aromatic heterocycles. The summed E-state index contributed by atoms with van der Waals surface area (Å²) in [6, 6.07) is 10.7. The van der Waals surface area contributed by atoms with Crippen LogP contribution in [0.25, 0.3) is 11.0 Å². The van der Waals surface area contributed by atoms with E-state index in [0.717, 1.165) is 11.0 Å². The fourth-order valence-corrected chi connectivity index (χ4v) is 2.39. The van der Waals surface area contributed by atoms with E-state index < -0.39 is 0 Å². The molecule has 24 heavy (non-hydrogen) atoms. The molecule has 2 N–H and O–H groups in total. The standard InChI is InChI=1S/C17H18N4O3/c1-2-24-16(22)8-10-21(15-5-3-4-9-18-15)17(23)12-6-7-13-14(11-12)20-19-13/h3-7,9,11,19-20H,2,8,10H2,1H3. The second kappa shape index (κ2) is 6.99. The topological polar surface area (TPSA) is 91.1 Å². The number of hydrogen-bond donors (Lipinski definition) is 2. The van der Waals surface area contributed by atoms with E-state index in [1.54, 1.807) is 43.5 Å². The van der Waals surface area contributed by atoms with Gasteiger partial charge in [0.2, 0.25) is 0 Å². The van der Waals surface area contributed by atoms with Gasteiger partial charge in [-0.25, -0.2) is 4.98 Å². The molecular weight excluding hydrogens is 308 g/mol. The lowest BCUT2D eigenvalue weighted by Crippen LogP contribution is -2.34. The van der Waals surface area contributed by atoms with Crippen molar-refractivity contribution in [2.24, 2.45) is 0 Å². The maximum atomic E-state index is 12.9. The van der Waals surface area contributed by atoms with Gasteiger partial charge in [0.05, 0.1) is 24.1 Å². The summed E-state index contributed by atoms with van der Waals surface area (Å²) in [6.07, 6.45) is 1.73. The third-order valence-electron chi connectivity index (χ3n) is 3.61. The Morgan fingerprint density at radius 3 is 2.62 bits per heavy atom. The lowest BCUT2D eigenvalue weighted by molar-refractivity contribution is -0.142. The van der Waals surface area contributed by atoms with E-state index in [1.807, 2.05) is 6.07 Å². The van der Waals surface area contributed by atoms with E-state index in [1.165, 1.54) is 4.90 Å². The Labute approximate surface area is 138 Å². The van der Waals surface area contributed by atoms with Gasteiger partial charge in [-0.3, -0.25) is 24.7 Å². The van der Waals surface area contributed by atoms with Crippen LogP contribution in [-0.4, -0.2) is 40.2 Å². The minimum absolute atomic E-state index is 0.112. The van der Waals surface area contributed by atoms with Gasteiger partial charge in [0.1, 0.15) is 5.82 Å². The zero-order chi connectivity index (χ0) is 16.9. The molecule has 0 radical (unpaired) electrons. The minimum Gasteiger partial charge on any atom is -0.466 e. The molecule has 0 aliphatic carbocycles. The fourth-order valence-electron chi connectivity index (χ4n) is 2.39. The monoisotopic (exact) mass is 326 g/mol. The first-order chi connectivity index (χ1) is 11.7. The lowest BCUT2D eigenvalue weighted by atomic mass is 10.1. The molecule has 0 spiro atoms. The Kier molecular flexibility index (Phi) is 4.60. The Balaban J connectivity index is 1.83. The van der Waals surface area contributed by atoms with Crippen molar-refractivity contribution in [3.05, 3.63) is 48.2 Å². The highest BCUT2D eigenvalue weighted by Gasteiger charge is 2.20. The molecule has 7 heteroatoms. The molecule has 7 nitrogen and oxygen atoms in total. The van der Waals surface area contributed by atoms with Gasteiger partial charge in [0.25, 0.3) is 5.91 Å². The van der Waals surface area contributed by atoms with Gasteiger partial charge in [0, 0.05) is 18.3 Å². The third kappa shape index (κ3) is 3.29. The van der Waals surface area contributed by atoms with Crippen molar-refractivity contribution < 1.29 is 14.3 Å². The number of nitrogens with zero attached hydrogens (tertiary/aromatic N) is 2. The smallest absolute Gasteiger partial charge is 0.307 e. The van der Waals surface area contributed by atoms with Gasteiger partial charge in [-0.1, -0.05) is 6.07 Å². The van der Waals surface area contributed by atoms with Crippen molar-refractivity contribution in [2.75, 3.05) is 18.1 Å². The summed E-state index contributed by atoms with van der Waals surface area (Å²) in [7, 11) is 0. The minimum atomic E-state index is -0.339. The number of pyridine rings is 1. The number of aromatic amines is 2. The molecule has 0 unspecified atom stereocenters. The number of hydrogen-bond acceptors (Lipinski definition) is 4. The SMILES string of the molecule is CCOC(=O)CCN(C(=O)c1ccc2[nH][nH]c2c1)c1ccccn1. The first-order valence-electron chi connectivity index (χ1n) is 7.73. The Hall–Kier alpha value is -3.09. The number of amides is 1.